The molecule has 0 aliphatic rings. The van der Waals surface area contributed by atoms with Gasteiger partial charge >= 0.3 is 6.18 Å². The maximum atomic E-state index is 12.0. The molecule has 0 aliphatic carbocycles. The number of hydrogen-bond acceptors (Lipinski definition) is 1. The van der Waals surface area contributed by atoms with Crippen LogP contribution in [0.1, 0.15) is 25.3 Å². The van der Waals surface area contributed by atoms with Crippen LogP contribution in [0.2, 0.25) is 0 Å². The van der Waals surface area contributed by atoms with Crippen LogP contribution in [0, 0.1) is 0 Å². The molecule has 0 aliphatic heterocycles. The van der Waals surface area contributed by atoms with E-state index in [0.717, 1.165) is 10.0 Å². The van der Waals surface area contributed by atoms with Crippen LogP contribution in [0.4, 0.5) is 13.2 Å². The average Bonchev–Trinajstić information content (AvgIpc) is 2.29. The monoisotopic (exact) mass is 337 g/mol. The molecule has 1 aromatic carbocycles. The summed E-state index contributed by atoms with van der Waals surface area (Å²) >= 11 is 3.39. The summed E-state index contributed by atoms with van der Waals surface area (Å²) in [6.07, 6.45) is -5.33. The van der Waals surface area contributed by atoms with E-state index in [4.69, 9.17) is 0 Å². The van der Waals surface area contributed by atoms with Crippen LogP contribution in [-0.4, -0.2) is 18.1 Å². The smallest absolute Gasteiger partial charge is 0.353 e. The van der Waals surface area contributed by atoms with Gasteiger partial charge in [-0.05, 0) is 25.0 Å². The Morgan fingerprint density at radius 1 is 1.37 bits per heavy atom. The number of benzene rings is 1. The third-order valence-electron chi connectivity index (χ3n) is 2.53. The first-order valence-electron chi connectivity index (χ1n) is 5.87. The van der Waals surface area contributed by atoms with Gasteiger partial charge in [-0.2, -0.15) is 13.2 Å². The van der Waals surface area contributed by atoms with E-state index in [2.05, 4.69) is 21.2 Å². The Labute approximate surface area is 118 Å². The largest absolute Gasteiger partial charge is 0.389 e. The molecular weight excluding hydrogens is 323 g/mol. The lowest BCUT2D eigenvalue weighted by Gasteiger charge is -2.15. The molecule has 6 heteroatoms. The van der Waals surface area contributed by atoms with Gasteiger partial charge in [-0.3, -0.25) is 4.79 Å². The standard InChI is InChI=1S/C13H15BrF3NO/c1-9(8-10-4-2-3-5-11(10)14)18-12(19)6-7-13(15,16)17/h2-5,9H,6-8H2,1H3,(H,18,19). The second-order valence-electron chi connectivity index (χ2n) is 4.38. The number of alkyl halides is 3. The lowest BCUT2D eigenvalue weighted by atomic mass is 10.1. The molecule has 1 aromatic rings. The summed E-state index contributed by atoms with van der Waals surface area (Å²) in [4.78, 5) is 11.4. The zero-order valence-corrected chi connectivity index (χ0v) is 12.0. The average molecular weight is 338 g/mol. The van der Waals surface area contributed by atoms with E-state index in [-0.39, 0.29) is 6.04 Å². The fraction of sp³-hybridized carbons (Fsp3) is 0.462. The number of nitrogens with one attached hydrogen (secondary N) is 1. The molecule has 1 amide bonds. The Hall–Kier alpha value is -1.04. The molecule has 0 saturated heterocycles. The Morgan fingerprint density at radius 2 is 2.00 bits per heavy atom. The Kier molecular flexibility index (Phi) is 5.85. The molecule has 106 valence electrons. The van der Waals surface area contributed by atoms with Crippen LogP contribution in [0.3, 0.4) is 0 Å². The minimum atomic E-state index is -4.29. The molecule has 0 radical (unpaired) electrons. The molecule has 19 heavy (non-hydrogen) atoms. The number of halogens is 4. The van der Waals surface area contributed by atoms with Gasteiger partial charge in [0.05, 0.1) is 6.42 Å². The summed E-state index contributed by atoms with van der Waals surface area (Å²) < 4.78 is 36.8. The summed E-state index contributed by atoms with van der Waals surface area (Å²) in [6, 6.07) is 7.33. The highest BCUT2D eigenvalue weighted by molar-refractivity contribution is 9.10. The van der Waals surface area contributed by atoms with Gasteiger partial charge in [-0.1, -0.05) is 34.1 Å². The third kappa shape index (κ3) is 6.61. The van der Waals surface area contributed by atoms with Crippen molar-refractivity contribution < 1.29 is 18.0 Å². The van der Waals surface area contributed by atoms with E-state index in [9.17, 15) is 18.0 Å². The van der Waals surface area contributed by atoms with Crippen molar-refractivity contribution in [1.29, 1.82) is 0 Å². The summed E-state index contributed by atoms with van der Waals surface area (Å²) in [5, 5.41) is 2.57. The normalized spacial score (nSPS) is 13.1. The van der Waals surface area contributed by atoms with E-state index in [0.29, 0.717) is 6.42 Å². The van der Waals surface area contributed by atoms with Crippen molar-refractivity contribution in [2.24, 2.45) is 0 Å². The number of carbonyl (C=O) groups excluding carboxylic acids is 1. The molecule has 0 fully saturated rings. The van der Waals surface area contributed by atoms with Crippen LogP contribution in [0.25, 0.3) is 0 Å². The topological polar surface area (TPSA) is 29.1 Å². The van der Waals surface area contributed by atoms with Crippen molar-refractivity contribution in [2.75, 3.05) is 0 Å². The first-order valence-corrected chi connectivity index (χ1v) is 6.67. The number of rotatable bonds is 5. The van der Waals surface area contributed by atoms with Crippen LogP contribution in [-0.2, 0) is 11.2 Å². The zero-order valence-electron chi connectivity index (χ0n) is 10.4. The van der Waals surface area contributed by atoms with Crippen LogP contribution in [0.5, 0.6) is 0 Å². The summed E-state index contributed by atoms with van der Waals surface area (Å²) in [6.45, 7) is 1.77. The maximum Gasteiger partial charge on any atom is 0.389 e. The molecule has 1 N–H and O–H groups in total. The summed E-state index contributed by atoms with van der Waals surface area (Å²) in [7, 11) is 0. The fourth-order valence-corrected chi connectivity index (χ4v) is 2.09. The fourth-order valence-electron chi connectivity index (χ4n) is 1.65. The molecule has 1 rings (SSSR count). The van der Waals surface area contributed by atoms with E-state index in [1.807, 2.05) is 24.3 Å². The van der Waals surface area contributed by atoms with Gasteiger partial charge in [0.2, 0.25) is 5.91 Å². The van der Waals surface area contributed by atoms with Gasteiger partial charge in [-0.25, -0.2) is 0 Å². The van der Waals surface area contributed by atoms with Gasteiger partial charge in [0.15, 0.2) is 0 Å². The summed E-state index contributed by atoms with van der Waals surface area (Å²) in [5.41, 5.74) is 1.01. The summed E-state index contributed by atoms with van der Waals surface area (Å²) in [5.74, 6) is -0.572. The SMILES string of the molecule is CC(Cc1ccccc1Br)NC(=O)CCC(F)(F)F. The van der Waals surface area contributed by atoms with Crippen LogP contribution < -0.4 is 5.32 Å². The first-order chi connectivity index (χ1) is 8.78. The molecule has 0 spiro atoms. The maximum absolute atomic E-state index is 12.0. The van der Waals surface area contributed by atoms with E-state index < -0.39 is 24.9 Å². The molecule has 0 aromatic heterocycles. The van der Waals surface area contributed by atoms with Crippen molar-refractivity contribution in [3.8, 4) is 0 Å². The van der Waals surface area contributed by atoms with Gasteiger partial charge in [0.1, 0.15) is 0 Å². The van der Waals surface area contributed by atoms with Crippen molar-refractivity contribution in [3.05, 3.63) is 34.3 Å². The van der Waals surface area contributed by atoms with Gasteiger partial charge in [0.25, 0.3) is 0 Å². The van der Waals surface area contributed by atoms with Crippen molar-refractivity contribution in [3.63, 3.8) is 0 Å². The Morgan fingerprint density at radius 3 is 2.58 bits per heavy atom. The van der Waals surface area contributed by atoms with E-state index >= 15 is 0 Å². The number of amides is 1. The van der Waals surface area contributed by atoms with E-state index in [1.54, 1.807) is 6.92 Å². The van der Waals surface area contributed by atoms with E-state index in [1.165, 1.54) is 0 Å². The second kappa shape index (κ2) is 6.93. The molecule has 0 saturated carbocycles. The highest BCUT2D eigenvalue weighted by atomic mass is 79.9. The molecular formula is C13H15BrF3NO. The predicted molar refractivity (Wildman–Crippen MR) is 70.7 cm³/mol. The van der Waals surface area contributed by atoms with Crippen molar-refractivity contribution in [2.45, 2.75) is 38.4 Å². The Balaban J connectivity index is 2.41. The van der Waals surface area contributed by atoms with Gasteiger partial charge in [-0.15, -0.1) is 0 Å². The van der Waals surface area contributed by atoms with Gasteiger partial charge < -0.3 is 5.32 Å². The molecule has 1 atom stereocenters. The predicted octanol–water partition coefficient (Wildman–Crippen LogP) is 3.84. The van der Waals surface area contributed by atoms with Crippen LogP contribution >= 0.6 is 15.9 Å². The minimum Gasteiger partial charge on any atom is -0.353 e. The molecule has 0 heterocycles. The number of carbonyl (C=O) groups is 1. The first kappa shape index (κ1) is 16.0. The Bertz CT molecular complexity index is 434. The molecule has 1 unspecified atom stereocenters. The second-order valence-corrected chi connectivity index (χ2v) is 5.23. The zero-order chi connectivity index (χ0) is 14.5. The number of hydrogen-bond donors (Lipinski definition) is 1. The lowest BCUT2D eigenvalue weighted by molar-refractivity contribution is -0.144. The van der Waals surface area contributed by atoms with Gasteiger partial charge in [0, 0.05) is 16.9 Å². The lowest BCUT2D eigenvalue weighted by Crippen LogP contribution is -2.34. The molecule has 2 nitrogen and oxygen atoms in total. The highest BCUT2D eigenvalue weighted by Gasteiger charge is 2.28. The quantitative estimate of drug-likeness (QED) is 0.868. The highest BCUT2D eigenvalue weighted by Crippen LogP contribution is 2.21. The molecule has 0 bridgehead atoms. The minimum absolute atomic E-state index is 0.209. The third-order valence-corrected chi connectivity index (χ3v) is 3.30. The van der Waals surface area contributed by atoms with Crippen LogP contribution in [0.15, 0.2) is 28.7 Å². The van der Waals surface area contributed by atoms with Crippen molar-refractivity contribution >= 4 is 21.8 Å². The van der Waals surface area contributed by atoms with Crippen molar-refractivity contribution in [1.82, 2.24) is 5.32 Å².